The Labute approximate surface area is 238 Å². The smallest absolute Gasteiger partial charge is 0.254 e. The number of rotatable bonds is 8. The maximum Gasteiger partial charge on any atom is 0.254 e. The van der Waals surface area contributed by atoms with E-state index in [9.17, 15) is 9.59 Å². The Morgan fingerprint density at radius 1 is 1.13 bits per heavy atom. The van der Waals surface area contributed by atoms with Gasteiger partial charge >= 0.3 is 0 Å². The number of ether oxygens (including phenoxy) is 3. The van der Waals surface area contributed by atoms with Gasteiger partial charge in [-0.25, -0.2) is 0 Å². The lowest BCUT2D eigenvalue weighted by molar-refractivity contribution is -0.123. The lowest BCUT2D eigenvalue weighted by Crippen LogP contribution is -2.51. The van der Waals surface area contributed by atoms with Gasteiger partial charge in [-0.15, -0.1) is 11.8 Å². The Balaban J connectivity index is 1.25. The summed E-state index contributed by atoms with van der Waals surface area (Å²) in [6, 6.07) is 4.02. The molecule has 1 saturated heterocycles. The van der Waals surface area contributed by atoms with Crippen molar-refractivity contribution in [3.8, 4) is 11.5 Å². The summed E-state index contributed by atoms with van der Waals surface area (Å²) < 4.78 is 18.2. The number of carbonyl (C=O) groups excluding carboxylic acids is 1. The molecule has 2 aromatic rings. The number of nitrogens with one attached hydrogen (secondary N) is 3. The lowest BCUT2D eigenvalue weighted by atomic mass is 9.80. The molecule has 1 saturated carbocycles. The number of hydrogen-bond acceptors (Lipinski definition) is 7. The highest BCUT2D eigenvalue weighted by Crippen LogP contribution is 2.51. The lowest BCUT2D eigenvalue weighted by Gasteiger charge is -2.41. The summed E-state index contributed by atoms with van der Waals surface area (Å²) in [5, 5.41) is 6.96. The Hall–Kier alpha value is -2.20. The molecule has 2 aliphatic heterocycles. The largest absolute Gasteiger partial charge is 0.448 e. The number of benzene rings is 1. The Kier molecular flexibility index (Phi) is 7.99. The van der Waals surface area contributed by atoms with Crippen LogP contribution in [0.2, 0.25) is 5.02 Å². The molecule has 0 radical (unpaired) electrons. The molecule has 212 valence electrons. The summed E-state index contributed by atoms with van der Waals surface area (Å²) in [7, 11) is 0. The molecule has 3 aliphatic rings. The summed E-state index contributed by atoms with van der Waals surface area (Å²) in [4.78, 5) is 29.4. The molecular formula is C29H38ClN3O5S. The number of amides is 1. The van der Waals surface area contributed by atoms with Gasteiger partial charge in [0.25, 0.3) is 17.3 Å². The van der Waals surface area contributed by atoms with Gasteiger partial charge in [0.05, 0.1) is 18.2 Å². The molecule has 1 unspecified atom stereocenters. The standard InChI is InChI=1S/C29H38ClN3O5S/c1-16-10-23(39-5)21(27(35)33-16)12-31-26(34)20-11-22(30)25-24(17(20)2)37-29(4,38-25)18-6-8-19(9-7-18)32-13-28(3)14-36-15-28/h10-11,18-19,32H,6-9,12-15H2,1-5H3,(H,31,34)(H,33,35)/t18-,19+,29?. The van der Waals surface area contributed by atoms with Gasteiger partial charge in [0.2, 0.25) is 0 Å². The number of halogens is 1. The van der Waals surface area contributed by atoms with E-state index in [1.807, 2.05) is 33.1 Å². The van der Waals surface area contributed by atoms with E-state index in [-0.39, 0.29) is 29.3 Å². The summed E-state index contributed by atoms with van der Waals surface area (Å²) in [6.45, 7) is 10.7. The predicted octanol–water partition coefficient (Wildman–Crippen LogP) is 4.97. The molecule has 0 spiro atoms. The van der Waals surface area contributed by atoms with Crippen LogP contribution in [0.1, 0.15) is 66.7 Å². The zero-order valence-electron chi connectivity index (χ0n) is 23.3. The number of fused-ring (bicyclic) bond motifs is 1. The van der Waals surface area contributed by atoms with Crippen LogP contribution in [-0.4, -0.2) is 48.7 Å². The van der Waals surface area contributed by atoms with Crippen molar-refractivity contribution < 1.29 is 19.0 Å². The monoisotopic (exact) mass is 575 g/mol. The van der Waals surface area contributed by atoms with Crippen molar-refractivity contribution in [1.82, 2.24) is 15.6 Å². The van der Waals surface area contributed by atoms with E-state index in [0.29, 0.717) is 39.3 Å². The van der Waals surface area contributed by atoms with Gasteiger partial charge in [0.15, 0.2) is 11.5 Å². The third-order valence-corrected chi connectivity index (χ3v) is 9.44. The number of aryl methyl sites for hydroxylation is 1. The van der Waals surface area contributed by atoms with Gasteiger partial charge < -0.3 is 29.8 Å². The van der Waals surface area contributed by atoms with E-state index in [0.717, 1.165) is 56.0 Å². The van der Waals surface area contributed by atoms with Crippen LogP contribution in [0.5, 0.6) is 11.5 Å². The van der Waals surface area contributed by atoms with Crippen LogP contribution in [0.3, 0.4) is 0 Å². The van der Waals surface area contributed by atoms with Crippen molar-refractivity contribution in [2.75, 3.05) is 26.0 Å². The molecule has 39 heavy (non-hydrogen) atoms. The number of pyridine rings is 1. The second-order valence-electron chi connectivity index (χ2n) is 11.7. The van der Waals surface area contributed by atoms with Gasteiger partial charge in [0.1, 0.15) is 0 Å². The second-order valence-corrected chi connectivity index (χ2v) is 12.9. The summed E-state index contributed by atoms with van der Waals surface area (Å²) in [5.74, 6) is 0.0555. The van der Waals surface area contributed by atoms with Crippen molar-refractivity contribution in [2.24, 2.45) is 11.3 Å². The highest BCUT2D eigenvalue weighted by atomic mass is 35.5. The molecular weight excluding hydrogens is 538 g/mol. The fraction of sp³-hybridized carbons (Fsp3) is 0.586. The molecule has 5 rings (SSSR count). The minimum Gasteiger partial charge on any atom is -0.448 e. The van der Waals surface area contributed by atoms with E-state index in [1.165, 1.54) is 11.8 Å². The van der Waals surface area contributed by atoms with Crippen LogP contribution >= 0.6 is 23.4 Å². The van der Waals surface area contributed by atoms with Gasteiger partial charge in [0, 0.05) is 64.7 Å². The Morgan fingerprint density at radius 3 is 2.46 bits per heavy atom. The van der Waals surface area contributed by atoms with E-state index in [2.05, 4.69) is 22.5 Å². The zero-order valence-corrected chi connectivity index (χ0v) is 24.9. The van der Waals surface area contributed by atoms with E-state index in [1.54, 1.807) is 6.07 Å². The molecule has 1 aromatic heterocycles. The highest BCUT2D eigenvalue weighted by molar-refractivity contribution is 7.98. The normalized spacial score (nSPS) is 25.3. The van der Waals surface area contributed by atoms with Crippen LogP contribution in [0.15, 0.2) is 21.8 Å². The fourth-order valence-electron chi connectivity index (χ4n) is 5.81. The van der Waals surface area contributed by atoms with Crippen molar-refractivity contribution >= 4 is 29.3 Å². The minimum atomic E-state index is -0.840. The third kappa shape index (κ3) is 5.69. The molecule has 3 heterocycles. The molecule has 1 aliphatic carbocycles. The number of aromatic nitrogens is 1. The number of aromatic amines is 1. The first-order valence-corrected chi connectivity index (χ1v) is 15.2. The van der Waals surface area contributed by atoms with Gasteiger partial charge in [-0.05, 0) is 57.9 Å². The van der Waals surface area contributed by atoms with Crippen LogP contribution in [-0.2, 0) is 11.3 Å². The average molecular weight is 576 g/mol. The maximum atomic E-state index is 13.2. The van der Waals surface area contributed by atoms with Crippen molar-refractivity contribution in [3.63, 3.8) is 0 Å². The van der Waals surface area contributed by atoms with Gasteiger partial charge in [-0.3, -0.25) is 9.59 Å². The van der Waals surface area contributed by atoms with Crippen molar-refractivity contribution in [2.45, 2.75) is 76.6 Å². The number of H-pyrrole nitrogens is 1. The molecule has 2 fully saturated rings. The molecule has 10 heteroatoms. The van der Waals surface area contributed by atoms with E-state index in [4.69, 9.17) is 25.8 Å². The summed E-state index contributed by atoms with van der Waals surface area (Å²) >= 11 is 8.10. The number of thioether (sulfide) groups is 1. The first-order valence-electron chi connectivity index (χ1n) is 13.6. The van der Waals surface area contributed by atoms with Crippen LogP contribution in [0.4, 0.5) is 0 Å². The topological polar surface area (TPSA) is 102 Å². The van der Waals surface area contributed by atoms with Gasteiger partial charge in [-0.2, -0.15) is 0 Å². The molecule has 0 bridgehead atoms. The highest BCUT2D eigenvalue weighted by Gasteiger charge is 2.47. The SMILES string of the molecule is CSc1cc(C)[nH]c(=O)c1CNC(=O)c1cc(Cl)c2c(c1C)OC(C)([C@H]1CC[C@@H](NCC3(C)COC3)CC1)O2. The summed E-state index contributed by atoms with van der Waals surface area (Å²) in [5.41, 5.74) is 2.44. The van der Waals surface area contributed by atoms with E-state index < -0.39 is 5.79 Å². The fourth-order valence-corrected chi connectivity index (χ4v) is 6.75. The molecule has 1 atom stereocenters. The maximum absolute atomic E-state index is 13.2. The molecule has 8 nitrogen and oxygen atoms in total. The molecule has 3 N–H and O–H groups in total. The average Bonchev–Trinajstić information content (AvgIpc) is 3.27. The van der Waals surface area contributed by atoms with Crippen LogP contribution in [0, 0.1) is 25.2 Å². The predicted molar refractivity (Wildman–Crippen MR) is 153 cm³/mol. The Bertz CT molecular complexity index is 1320. The van der Waals surface area contributed by atoms with Crippen LogP contribution in [0.25, 0.3) is 0 Å². The van der Waals surface area contributed by atoms with Crippen molar-refractivity contribution in [1.29, 1.82) is 0 Å². The second kappa shape index (κ2) is 11.0. The number of hydrogen-bond donors (Lipinski definition) is 3. The minimum absolute atomic E-state index is 0.108. The summed E-state index contributed by atoms with van der Waals surface area (Å²) in [6.07, 6.45) is 5.96. The van der Waals surface area contributed by atoms with Gasteiger partial charge in [-0.1, -0.05) is 18.5 Å². The van der Waals surface area contributed by atoms with Crippen molar-refractivity contribution in [3.05, 3.63) is 49.9 Å². The third-order valence-electron chi connectivity index (χ3n) is 8.36. The first kappa shape index (κ1) is 28.3. The first-order chi connectivity index (χ1) is 18.5. The molecule has 1 aromatic carbocycles. The Morgan fingerprint density at radius 2 is 1.82 bits per heavy atom. The van der Waals surface area contributed by atoms with E-state index >= 15 is 0 Å². The zero-order chi connectivity index (χ0) is 27.9. The quantitative estimate of drug-likeness (QED) is 0.382. The number of carbonyl (C=O) groups is 1. The van der Waals surface area contributed by atoms with Crippen LogP contribution < -0.4 is 25.7 Å². The molecule has 1 amide bonds.